The van der Waals surface area contributed by atoms with Gasteiger partial charge in [0, 0.05) is 37.3 Å². The molecular weight excluding hydrogens is 296 g/mol. The maximum atomic E-state index is 8.19. The highest BCUT2D eigenvalue weighted by Crippen LogP contribution is 2.40. The molecule has 0 bridgehead atoms. The van der Waals surface area contributed by atoms with E-state index >= 15 is 0 Å². The Bertz CT molecular complexity index is 554. The van der Waals surface area contributed by atoms with E-state index in [1.165, 1.54) is 24.1 Å². The number of hydrogen-bond acceptors (Lipinski definition) is 5. The summed E-state index contributed by atoms with van der Waals surface area (Å²) in [5.74, 6) is 1.73. The van der Waals surface area contributed by atoms with Crippen molar-refractivity contribution in [2.75, 3.05) is 33.2 Å². The van der Waals surface area contributed by atoms with Gasteiger partial charge >= 0.3 is 0 Å². The Balaban J connectivity index is 1.55. The summed E-state index contributed by atoms with van der Waals surface area (Å²) in [6.07, 6.45) is 6.21. The average Bonchev–Trinajstić information content (AvgIpc) is 2.85. The second-order valence-electron chi connectivity index (χ2n) is 6.19. The molecule has 3 rings (SSSR count). The van der Waals surface area contributed by atoms with Crippen molar-refractivity contribution in [2.24, 2.45) is 10.7 Å². The van der Waals surface area contributed by atoms with Crippen molar-refractivity contribution < 1.29 is 0 Å². The smallest absolute Gasteiger partial charge is 0.210 e. The zero-order valence-corrected chi connectivity index (χ0v) is 13.9. The Kier molecular flexibility index (Phi) is 4.73. The molecular formula is C15H24N6S. The van der Waals surface area contributed by atoms with Crippen LogP contribution in [0.2, 0.25) is 0 Å². The SMILES string of the molecule is CN1CCN(C(=N)CC(N)=Nc2ncc(C3CCC3)s2)CC1. The van der Waals surface area contributed by atoms with Gasteiger partial charge in [-0.2, -0.15) is 0 Å². The molecule has 0 spiro atoms. The molecule has 120 valence electrons. The third-order valence-electron chi connectivity index (χ3n) is 4.49. The summed E-state index contributed by atoms with van der Waals surface area (Å²) in [6, 6.07) is 0. The number of aliphatic imine (C=N–C) groups is 1. The van der Waals surface area contributed by atoms with Crippen LogP contribution in [0.4, 0.5) is 5.13 Å². The van der Waals surface area contributed by atoms with Crippen molar-refractivity contribution in [3.8, 4) is 0 Å². The number of amidine groups is 2. The highest BCUT2D eigenvalue weighted by molar-refractivity contribution is 7.15. The predicted molar refractivity (Wildman–Crippen MR) is 91.4 cm³/mol. The fourth-order valence-corrected chi connectivity index (χ4v) is 3.72. The van der Waals surface area contributed by atoms with Gasteiger partial charge in [0.1, 0.15) is 11.7 Å². The Morgan fingerprint density at radius 2 is 2.14 bits per heavy atom. The van der Waals surface area contributed by atoms with E-state index in [0.717, 1.165) is 31.3 Å². The zero-order valence-electron chi connectivity index (χ0n) is 13.1. The van der Waals surface area contributed by atoms with Crippen molar-refractivity contribution in [2.45, 2.75) is 31.6 Å². The number of nitrogens with two attached hydrogens (primary N) is 1. The lowest BCUT2D eigenvalue weighted by Gasteiger charge is -2.34. The maximum Gasteiger partial charge on any atom is 0.210 e. The van der Waals surface area contributed by atoms with Crippen molar-refractivity contribution >= 4 is 28.1 Å². The molecule has 7 heteroatoms. The van der Waals surface area contributed by atoms with Crippen LogP contribution in [-0.4, -0.2) is 59.7 Å². The molecule has 2 aliphatic rings. The summed E-state index contributed by atoms with van der Waals surface area (Å²) in [5, 5.41) is 8.91. The van der Waals surface area contributed by atoms with E-state index in [1.54, 1.807) is 11.3 Å². The minimum absolute atomic E-state index is 0.405. The lowest BCUT2D eigenvalue weighted by atomic mass is 9.85. The Morgan fingerprint density at radius 3 is 2.77 bits per heavy atom. The number of likely N-dealkylation sites (N-methyl/N-ethyl adjacent to an activating group) is 1. The van der Waals surface area contributed by atoms with Crippen molar-refractivity contribution in [1.29, 1.82) is 5.41 Å². The first-order valence-electron chi connectivity index (χ1n) is 7.91. The van der Waals surface area contributed by atoms with E-state index in [0.29, 0.717) is 24.0 Å². The van der Waals surface area contributed by atoms with Gasteiger partial charge in [0.15, 0.2) is 0 Å². The molecule has 2 heterocycles. The molecule has 1 aliphatic heterocycles. The highest BCUT2D eigenvalue weighted by atomic mass is 32.1. The van der Waals surface area contributed by atoms with E-state index in [2.05, 4.69) is 26.8 Å². The summed E-state index contributed by atoms with van der Waals surface area (Å²) in [5.41, 5.74) is 6.01. The Morgan fingerprint density at radius 1 is 1.41 bits per heavy atom. The van der Waals surface area contributed by atoms with Crippen LogP contribution in [-0.2, 0) is 0 Å². The van der Waals surface area contributed by atoms with Crippen LogP contribution in [0.3, 0.4) is 0 Å². The standard InChI is InChI=1S/C15H24N6S/c1-20-5-7-21(8-6-20)14(17)9-13(16)19-15-18-10-12(22-15)11-3-2-4-11/h10-11,17H,2-9H2,1H3,(H2,16,18,19). The summed E-state index contributed by atoms with van der Waals surface area (Å²) < 4.78 is 0. The maximum absolute atomic E-state index is 8.19. The molecule has 6 nitrogen and oxygen atoms in total. The lowest BCUT2D eigenvalue weighted by Crippen LogP contribution is -2.47. The first-order chi connectivity index (χ1) is 10.6. The fourth-order valence-electron chi connectivity index (χ4n) is 2.73. The second-order valence-corrected chi connectivity index (χ2v) is 7.23. The Hall–Kier alpha value is -1.47. The summed E-state index contributed by atoms with van der Waals surface area (Å²) in [4.78, 5) is 14.4. The predicted octanol–water partition coefficient (Wildman–Crippen LogP) is 2.01. The lowest BCUT2D eigenvalue weighted by molar-refractivity contribution is 0.213. The van der Waals surface area contributed by atoms with Crippen molar-refractivity contribution in [1.82, 2.24) is 14.8 Å². The molecule has 1 aromatic rings. The van der Waals surface area contributed by atoms with Crippen LogP contribution < -0.4 is 5.73 Å². The molecule has 1 saturated heterocycles. The van der Waals surface area contributed by atoms with Gasteiger partial charge in [0.25, 0.3) is 0 Å². The number of hydrogen-bond donors (Lipinski definition) is 2. The Labute approximate surface area is 135 Å². The van der Waals surface area contributed by atoms with Crippen LogP contribution in [0.5, 0.6) is 0 Å². The van der Waals surface area contributed by atoms with E-state index in [1.807, 2.05) is 6.20 Å². The van der Waals surface area contributed by atoms with E-state index in [-0.39, 0.29) is 0 Å². The normalized spacial score (nSPS) is 21.0. The monoisotopic (exact) mass is 320 g/mol. The van der Waals surface area contributed by atoms with Gasteiger partial charge in [-0.15, -0.1) is 0 Å². The number of piperazine rings is 1. The quantitative estimate of drug-likeness (QED) is 0.657. The second kappa shape index (κ2) is 6.75. The first kappa shape index (κ1) is 15.4. The molecule has 1 aromatic heterocycles. The molecule has 22 heavy (non-hydrogen) atoms. The van der Waals surface area contributed by atoms with Gasteiger partial charge in [0.05, 0.1) is 6.42 Å². The number of rotatable bonds is 4. The van der Waals surface area contributed by atoms with E-state index < -0.39 is 0 Å². The topological polar surface area (TPSA) is 81.6 Å². The van der Waals surface area contributed by atoms with Crippen LogP contribution >= 0.6 is 11.3 Å². The summed E-state index contributed by atoms with van der Waals surface area (Å²) in [6.45, 7) is 3.78. The van der Waals surface area contributed by atoms with E-state index in [4.69, 9.17) is 11.1 Å². The molecule has 2 fully saturated rings. The van der Waals surface area contributed by atoms with Gasteiger partial charge in [-0.05, 0) is 25.8 Å². The van der Waals surface area contributed by atoms with Crippen LogP contribution in [0, 0.1) is 5.41 Å². The molecule has 0 aromatic carbocycles. The highest BCUT2D eigenvalue weighted by Gasteiger charge is 2.22. The van der Waals surface area contributed by atoms with Gasteiger partial charge in [0.2, 0.25) is 5.13 Å². The minimum Gasteiger partial charge on any atom is -0.387 e. The van der Waals surface area contributed by atoms with Crippen LogP contribution in [0.15, 0.2) is 11.2 Å². The molecule has 0 atom stereocenters. The number of nitrogens with one attached hydrogen (secondary N) is 1. The zero-order chi connectivity index (χ0) is 15.5. The van der Waals surface area contributed by atoms with Crippen molar-refractivity contribution in [3.05, 3.63) is 11.1 Å². The van der Waals surface area contributed by atoms with Gasteiger partial charge in [-0.3, -0.25) is 5.41 Å². The largest absolute Gasteiger partial charge is 0.387 e. The molecule has 1 saturated carbocycles. The van der Waals surface area contributed by atoms with Gasteiger partial charge in [-0.1, -0.05) is 17.8 Å². The number of aromatic nitrogens is 1. The van der Waals surface area contributed by atoms with Crippen molar-refractivity contribution in [3.63, 3.8) is 0 Å². The average molecular weight is 320 g/mol. The van der Waals surface area contributed by atoms with E-state index in [9.17, 15) is 0 Å². The van der Waals surface area contributed by atoms with Crippen LogP contribution in [0.25, 0.3) is 0 Å². The van der Waals surface area contributed by atoms with Crippen LogP contribution in [0.1, 0.15) is 36.5 Å². The van der Waals surface area contributed by atoms with Gasteiger partial charge in [-0.25, -0.2) is 9.98 Å². The number of nitrogens with zero attached hydrogens (tertiary/aromatic N) is 4. The molecule has 1 aliphatic carbocycles. The van der Waals surface area contributed by atoms with Gasteiger partial charge < -0.3 is 15.5 Å². The molecule has 0 unspecified atom stereocenters. The molecule has 3 N–H and O–H groups in total. The first-order valence-corrected chi connectivity index (χ1v) is 8.73. The number of thiazole rings is 1. The molecule has 0 radical (unpaired) electrons. The molecule has 0 amide bonds. The fraction of sp³-hybridized carbons (Fsp3) is 0.667. The summed E-state index contributed by atoms with van der Waals surface area (Å²) in [7, 11) is 2.11. The third-order valence-corrected chi connectivity index (χ3v) is 5.55. The third kappa shape index (κ3) is 3.64. The summed E-state index contributed by atoms with van der Waals surface area (Å²) >= 11 is 1.64. The minimum atomic E-state index is 0.405.